The van der Waals surface area contributed by atoms with Crippen LogP contribution in [0.4, 0.5) is 0 Å². The summed E-state index contributed by atoms with van der Waals surface area (Å²) in [7, 11) is 2.03. The summed E-state index contributed by atoms with van der Waals surface area (Å²) in [5, 5.41) is 4.27. The molecule has 21 heavy (non-hydrogen) atoms. The van der Waals surface area contributed by atoms with E-state index in [0.29, 0.717) is 6.04 Å². The van der Waals surface area contributed by atoms with Crippen LogP contribution in [-0.2, 0) is 0 Å². The van der Waals surface area contributed by atoms with Crippen LogP contribution in [0.25, 0.3) is 0 Å². The molecule has 2 rings (SSSR count). The molecular formula is C17H28N2OS. The largest absolute Gasteiger partial charge is 0.489 e. The van der Waals surface area contributed by atoms with Crippen LogP contribution >= 0.6 is 11.8 Å². The van der Waals surface area contributed by atoms with E-state index in [1.807, 2.05) is 27.1 Å². The number of pyridine rings is 1. The highest BCUT2D eigenvalue weighted by Crippen LogP contribution is 2.31. The second-order valence-corrected chi connectivity index (χ2v) is 7.39. The second kappa shape index (κ2) is 8.64. The Hall–Kier alpha value is -0.740. The quantitative estimate of drug-likeness (QED) is 0.819. The van der Waals surface area contributed by atoms with Gasteiger partial charge in [-0.25, -0.2) is 0 Å². The van der Waals surface area contributed by atoms with E-state index in [-0.39, 0.29) is 6.10 Å². The highest BCUT2D eigenvalue weighted by atomic mass is 32.2. The highest BCUT2D eigenvalue weighted by Gasteiger charge is 2.17. The van der Waals surface area contributed by atoms with Crippen molar-refractivity contribution < 1.29 is 4.74 Å². The summed E-state index contributed by atoms with van der Waals surface area (Å²) in [5.41, 5.74) is 1.22. The molecule has 0 saturated heterocycles. The van der Waals surface area contributed by atoms with Gasteiger partial charge in [0.1, 0.15) is 5.75 Å². The van der Waals surface area contributed by atoms with Gasteiger partial charge in [0.05, 0.1) is 12.3 Å². The first-order valence-electron chi connectivity index (χ1n) is 8.09. The van der Waals surface area contributed by atoms with E-state index in [1.165, 1.54) is 37.7 Å². The Labute approximate surface area is 133 Å². The SMILES string of the molecule is CNC(CSC1CCCCC1)c1cncc(OC(C)C)c1. The van der Waals surface area contributed by atoms with Crippen LogP contribution in [0.5, 0.6) is 5.75 Å². The van der Waals surface area contributed by atoms with Crippen LogP contribution in [0, 0.1) is 0 Å². The number of thioether (sulfide) groups is 1. The van der Waals surface area contributed by atoms with Crippen LogP contribution in [0.1, 0.15) is 57.6 Å². The van der Waals surface area contributed by atoms with E-state index in [1.54, 1.807) is 6.20 Å². The predicted molar refractivity (Wildman–Crippen MR) is 91.1 cm³/mol. The Morgan fingerprint density at radius 2 is 2.05 bits per heavy atom. The average molecular weight is 308 g/mol. The lowest BCUT2D eigenvalue weighted by atomic mass is 10.0. The third-order valence-corrected chi connectivity index (χ3v) is 5.38. The lowest BCUT2D eigenvalue weighted by Gasteiger charge is -2.24. The molecule has 1 aliphatic carbocycles. The topological polar surface area (TPSA) is 34.2 Å². The summed E-state index contributed by atoms with van der Waals surface area (Å²) >= 11 is 2.11. The van der Waals surface area contributed by atoms with E-state index in [4.69, 9.17) is 4.74 Å². The summed E-state index contributed by atoms with van der Waals surface area (Å²) < 4.78 is 5.75. The standard InChI is InChI=1S/C17H28N2OS/c1-13(2)20-15-9-14(10-19-11-15)17(18-3)12-21-16-7-5-4-6-8-16/h9-11,13,16-18H,4-8,12H2,1-3H3. The molecule has 0 radical (unpaired) electrons. The van der Waals surface area contributed by atoms with Crippen LogP contribution in [0.15, 0.2) is 18.5 Å². The van der Waals surface area contributed by atoms with Crippen molar-refractivity contribution >= 4 is 11.8 Å². The molecule has 1 saturated carbocycles. The van der Waals surface area contributed by atoms with Gasteiger partial charge >= 0.3 is 0 Å². The van der Waals surface area contributed by atoms with Crippen molar-refractivity contribution in [3.63, 3.8) is 0 Å². The maximum atomic E-state index is 5.75. The summed E-state index contributed by atoms with van der Waals surface area (Å²) in [4.78, 5) is 4.33. The first-order valence-corrected chi connectivity index (χ1v) is 9.14. The molecule has 1 N–H and O–H groups in total. The highest BCUT2D eigenvalue weighted by molar-refractivity contribution is 7.99. The first kappa shape index (κ1) is 16.6. The van der Waals surface area contributed by atoms with E-state index >= 15 is 0 Å². The van der Waals surface area contributed by atoms with E-state index in [0.717, 1.165) is 16.8 Å². The molecular weight excluding hydrogens is 280 g/mol. The Balaban J connectivity index is 1.92. The number of hydrogen-bond donors (Lipinski definition) is 1. The monoisotopic (exact) mass is 308 g/mol. The van der Waals surface area contributed by atoms with Gasteiger partial charge in [-0.1, -0.05) is 19.3 Å². The Morgan fingerprint density at radius 3 is 2.71 bits per heavy atom. The van der Waals surface area contributed by atoms with Gasteiger partial charge in [0.15, 0.2) is 0 Å². The fourth-order valence-electron chi connectivity index (χ4n) is 2.77. The van der Waals surface area contributed by atoms with Gasteiger partial charge in [-0.2, -0.15) is 11.8 Å². The lowest BCUT2D eigenvalue weighted by molar-refractivity contribution is 0.241. The van der Waals surface area contributed by atoms with Crippen LogP contribution in [-0.4, -0.2) is 29.1 Å². The number of nitrogens with one attached hydrogen (secondary N) is 1. The Morgan fingerprint density at radius 1 is 1.29 bits per heavy atom. The molecule has 1 fully saturated rings. The van der Waals surface area contributed by atoms with Gasteiger partial charge in [-0.05, 0) is 45.4 Å². The van der Waals surface area contributed by atoms with Crippen molar-refractivity contribution in [2.24, 2.45) is 0 Å². The average Bonchev–Trinajstić information content (AvgIpc) is 2.49. The number of ether oxygens (including phenoxy) is 1. The van der Waals surface area contributed by atoms with Gasteiger partial charge in [-0.3, -0.25) is 4.98 Å². The van der Waals surface area contributed by atoms with E-state index in [2.05, 4.69) is 28.1 Å². The maximum Gasteiger partial charge on any atom is 0.138 e. The van der Waals surface area contributed by atoms with Crippen molar-refractivity contribution in [1.82, 2.24) is 10.3 Å². The van der Waals surface area contributed by atoms with Crippen molar-refractivity contribution in [3.8, 4) is 5.75 Å². The third-order valence-electron chi connectivity index (χ3n) is 3.91. The Kier molecular flexibility index (Phi) is 6.84. The number of aromatic nitrogens is 1. The molecule has 118 valence electrons. The summed E-state index contributed by atoms with van der Waals surface area (Å²) in [5.74, 6) is 1.97. The van der Waals surface area contributed by atoms with Crippen LogP contribution < -0.4 is 10.1 Å². The molecule has 1 unspecified atom stereocenters. The van der Waals surface area contributed by atoms with Crippen molar-refractivity contribution in [2.45, 2.75) is 63.3 Å². The number of rotatable bonds is 7. The van der Waals surface area contributed by atoms with Gasteiger partial charge in [0, 0.05) is 23.2 Å². The molecule has 0 aliphatic heterocycles. The molecule has 1 aromatic rings. The van der Waals surface area contributed by atoms with Gasteiger partial charge in [0.2, 0.25) is 0 Å². The first-order chi connectivity index (χ1) is 10.2. The van der Waals surface area contributed by atoms with Gasteiger partial charge in [0.25, 0.3) is 0 Å². The normalized spacial score (nSPS) is 17.9. The fourth-order valence-corrected chi connectivity index (χ4v) is 4.26. The minimum Gasteiger partial charge on any atom is -0.489 e. The van der Waals surface area contributed by atoms with Crippen LogP contribution in [0.3, 0.4) is 0 Å². The smallest absolute Gasteiger partial charge is 0.138 e. The van der Waals surface area contributed by atoms with Crippen LogP contribution in [0.2, 0.25) is 0 Å². The molecule has 1 aromatic heterocycles. The van der Waals surface area contributed by atoms with Crippen molar-refractivity contribution in [1.29, 1.82) is 0 Å². The lowest BCUT2D eigenvalue weighted by Crippen LogP contribution is -2.21. The minimum absolute atomic E-state index is 0.187. The van der Waals surface area contributed by atoms with Gasteiger partial charge in [-0.15, -0.1) is 0 Å². The summed E-state index contributed by atoms with van der Waals surface area (Å²) in [6, 6.07) is 2.47. The molecule has 0 amide bonds. The van der Waals surface area contributed by atoms with E-state index in [9.17, 15) is 0 Å². The molecule has 0 aromatic carbocycles. The maximum absolute atomic E-state index is 5.75. The minimum atomic E-state index is 0.187. The molecule has 1 aliphatic rings. The molecule has 0 spiro atoms. The molecule has 1 heterocycles. The molecule has 3 nitrogen and oxygen atoms in total. The van der Waals surface area contributed by atoms with Crippen molar-refractivity contribution in [3.05, 3.63) is 24.0 Å². The number of nitrogens with zero attached hydrogens (tertiary/aromatic N) is 1. The van der Waals surface area contributed by atoms with E-state index < -0.39 is 0 Å². The zero-order valence-electron chi connectivity index (χ0n) is 13.5. The molecule has 0 bridgehead atoms. The third kappa shape index (κ3) is 5.51. The molecule has 1 atom stereocenters. The zero-order valence-corrected chi connectivity index (χ0v) is 14.3. The molecule has 4 heteroatoms. The van der Waals surface area contributed by atoms with Crippen molar-refractivity contribution in [2.75, 3.05) is 12.8 Å². The number of hydrogen-bond acceptors (Lipinski definition) is 4. The summed E-state index contributed by atoms with van der Waals surface area (Å²) in [6.45, 7) is 4.09. The fraction of sp³-hybridized carbons (Fsp3) is 0.706. The summed E-state index contributed by atoms with van der Waals surface area (Å²) in [6.07, 6.45) is 10.9. The second-order valence-electron chi connectivity index (χ2n) is 6.06. The predicted octanol–water partition coefficient (Wildman–Crippen LogP) is 4.20. The van der Waals surface area contributed by atoms with Gasteiger partial charge < -0.3 is 10.1 Å². The Bertz CT molecular complexity index is 419. The zero-order chi connectivity index (χ0) is 15.1.